The second-order valence-corrected chi connectivity index (χ2v) is 5.19. The highest BCUT2D eigenvalue weighted by Gasteiger charge is 2.19. The summed E-state index contributed by atoms with van der Waals surface area (Å²) in [6.07, 6.45) is -0.769. The molecule has 3 aromatic rings. The number of anilines is 1. The van der Waals surface area contributed by atoms with Crippen molar-refractivity contribution in [2.45, 2.75) is 13.0 Å². The van der Waals surface area contributed by atoms with E-state index in [1.54, 1.807) is 25.1 Å². The van der Waals surface area contributed by atoms with Crippen molar-refractivity contribution in [3.8, 4) is 23.0 Å². The van der Waals surface area contributed by atoms with E-state index in [2.05, 4.69) is 15.5 Å². The first-order valence-corrected chi connectivity index (χ1v) is 7.67. The average Bonchev–Trinajstić information content (AvgIpc) is 3.11. The zero-order valence-corrected chi connectivity index (χ0v) is 13.8. The molecule has 3 rings (SSSR count). The van der Waals surface area contributed by atoms with E-state index in [1.165, 1.54) is 7.11 Å². The largest absolute Gasteiger partial charge is 0.493 e. The van der Waals surface area contributed by atoms with Crippen LogP contribution in [0.25, 0.3) is 11.5 Å². The summed E-state index contributed by atoms with van der Waals surface area (Å²) in [5.41, 5.74) is 0.772. The highest BCUT2D eigenvalue weighted by atomic mass is 16.5. The molecule has 2 aromatic carbocycles. The minimum absolute atomic E-state index is 0.0827. The summed E-state index contributed by atoms with van der Waals surface area (Å²) in [6, 6.07) is 16.4. The van der Waals surface area contributed by atoms with Crippen molar-refractivity contribution < 1.29 is 18.8 Å². The Morgan fingerprint density at radius 2 is 1.76 bits per heavy atom. The molecule has 0 aliphatic heterocycles. The van der Waals surface area contributed by atoms with Crippen LogP contribution in [0.4, 0.5) is 5.95 Å². The van der Waals surface area contributed by atoms with Crippen LogP contribution in [-0.2, 0) is 4.79 Å². The van der Waals surface area contributed by atoms with Gasteiger partial charge in [-0.05, 0) is 36.3 Å². The van der Waals surface area contributed by atoms with Gasteiger partial charge in [-0.3, -0.25) is 10.1 Å². The smallest absolute Gasteiger partial charge is 0.270 e. The maximum absolute atomic E-state index is 12.3. The van der Waals surface area contributed by atoms with Crippen molar-refractivity contribution in [3.63, 3.8) is 0 Å². The predicted octanol–water partition coefficient (Wildman–Crippen LogP) is 3.15. The third-order valence-corrected chi connectivity index (χ3v) is 3.42. The summed E-state index contributed by atoms with van der Waals surface area (Å²) in [7, 11) is 1.54. The van der Waals surface area contributed by atoms with E-state index in [0.29, 0.717) is 17.4 Å². The lowest BCUT2D eigenvalue weighted by molar-refractivity contribution is -0.122. The number of nitrogens with zero attached hydrogens (tertiary/aromatic N) is 2. The van der Waals surface area contributed by atoms with E-state index < -0.39 is 12.0 Å². The number of amides is 1. The lowest BCUT2D eigenvalue weighted by Crippen LogP contribution is -2.30. The molecule has 25 heavy (non-hydrogen) atoms. The molecule has 0 radical (unpaired) electrons. The number of rotatable bonds is 6. The second-order valence-electron chi connectivity index (χ2n) is 5.19. The molecular weight excluding hydrogens is 322 g/mol. The normalized spacial score (nSPS) is 11.6. The number of aromatic nitrogens is 2. The van der Waals surface area contributed by atoms with Crippen LogP contribution in [-0.4, -0.2) is 29.3 Å². The zero-order valence-electron chi connectivity index (χ0n) is 13.8. The van der Waals surface area contributed by atoms with Crippen molar-refractivity contribution in [1.29, 1.82) is 0 Å². The minimum Gasteiger partial charge on any atom is -0.493 e. The van der Waals surface area contributed by atoms with Gasteiger partial charge in [-0.1, -0.05) is 30.3 Å². The summed E-state index contributed by atoms with van der Waals surface area (Å²) in [6.45, 7) is 1.62. The van der Waals surface area contributed by atoms with Crippen LogP contribution in [0, 0.1) is 0 Å². The van der Waals surface area contributed by atoms with Crippen LogP contribution in [0.1, 0.15) is 6.92 Å². The first-order chi connectivity index (χ1) is 12.2. The Bertz CT molecular complexity index is 848. The molecule has 7 nitrogen and oxygen atoms in total. The number of nitrogens with one attached hydrogen (secondary N) is 1. The molecule has 1 N–H and O–H groups in total. The fourth-order valence-electron chi connectivity index (χ4n) is 2.14. The van der Waals surface area contributed by atoms with E-state index in [1.807, 2.05) is 36.4 Å². The SMILES string of the molecule is COc1ccccc1O[C@H](C)C(=O)Nc1noc(-c2ccccc2)n1. The predicted molar refractivity (Wildman–Crippen MR) is 91.4 cm³/mol. The molecule has 0 unspecified atom stereocenters. The molecule has 0 saturated carbocycles. The van der Waals surface area contributed by atoms with Gasteiger partial charge < -0.3 is 14.0 Å². The number of benzene rings is 2. The fraction of sp³-hybridized carbons (Fsp3) is 0.167. The molecule has 0 bridgehead atoms. The van der Waals surface area contributed by atoms with Gasteiger partial charge in [-0.25, -0.2) is 0 Å². The Morgan fingerprint density at radius 3 is 2.48 bits per heavy atom. The lowest BCUT2D eigenvalue weighted by atomic mass is 10.2. The van der Waals surface area contributed by atoms with Gasteiger partial charge in [0, 0.05) is 5.56 Å². The van der Waals surface area contributed by atoms with Crippen LogP contribution in [0.15, 0.2) is 59.1 Å². The van der Waals surface area contributed by atoms with Gasteiger partial charge in [-0.2, -0.15) is 4.98 Å². The third-order valence-electron chi connectivity index (χ3n) is 3.42. The average molecular weight is 339 g/mol. The fourth-order valence-corrected chi connectivity index (χ4v) is 2.14. The molecule has 7 heteroatoms. The first-order valence-electron chi connectivity index (χ1n) is 7.67. The summed E-state index contributed by atoms with van der Waals surface area (Å²) in [5, 5.41) is 6.33. The minimum atomic E-state index is -0.769. The standard InChI is InChI=1S/C18H17N3O4/c1-12(24-15-11-7-6-10-14(15)23-2)16(22)19-18-20-17(25-21-18)13-8-4-3-5-9-13/h3-12H,1-2H3,(H,19,21,22)/t12-/m1/s1. The number of ether oxygens (including phenoxy) is 2. The molecule has 1 atom stereocenters. The molecule has 1 amide bonds. The van der Waals surface area contributed by atoms with Gasteiger partial charge in [-0.15, -0.1) is 0 Å². The van der Waals surface area contributed by atoms with Crippen LogP contribution in [0.5, 0.6) is 11.5 Å². The molecule has 0 aliphatic carbocycles. The Hall–Kier alpha value is -3.35. The monoisotopic (exact) mass is 339 g/mol. The van der Waals surface area contributed by atoms with Crippen LogP contribution >= 0.6 is 0 Å². The van der Waals surface area contributed by atoms with Gasteiger partial charge in [0.1, 0.15) is 0 Å². The number of hydrogen-bond acceptors (Lipinski definition) is 6. The van der Waals surface area contributed by atoms with Crippen molar-refractivity contribution in [3.05, 3.63) is 54.6 Å². The molecule has 0 spiro atoms. The number of hydrogen-bond donors (Lipinski definition) is 1. The van der Waals surface area contributed by atoms with Crippen molar-refractivity contribution in [2.75, 3.05) is 12.4 Å². The Balaban J connectivity index is 1.65. The van der Waals surface area contributed by atoms with Gasteiger partial charge in [0.2, 0.25) is 0 Å². The number of carbonyl (C=O) groups excluding carboxylic acids is 1. The van der Waals surface area contributed by atoms with Crippen molar-refractivity contribution in [2.24, 2.45) is 0 Å². The maximum atomic E-state index is 12.3. The van der Waals surface area contributed by atoms with Gasteiger partial charge >= 0.3 is 0 Å². The molecule has 1 aromatic heterocycles. The van der Waals surface area contributed by atoms with E-state index in [9.17, 15) is 4.79 Å². The third kappa shape index (κ3) is 3.95. The molecule has 0 saturated heterocycles. The van der Waals surface area contributed by atoms with Crippen LogP contribution < -0.4 is 14.8 Å². The van der Waals surface area contributed by atoms with Crippen LogP contribution in [0.2, 0.25) is 0 Å². The molecular formula is C18H17N3O4. The highest BCUT2D eigenvalue weighted by molar-refractivity contribution is 5.92. The second kappa shape index (κ2) is 7.48. The van der Waals surface area contributed by atoms with Gasteiger partial charge in [0.15, 0.2) is 17.6 Å². The summed E-state index contributed by atoms with van der Waals surface area (Å²) >= 11 is 0. The summed E-state index contributed by atoms with van der Waals surface area (Å²) in [4.78, 5) is 16.4. The summed E-state index contributed by atoms with van der Waals surface area (Å²) < 4.78 is 16.0. The summed E-state index contributed by atoms with van der Waals surface area (Å²) in [5.74, 6) is 1.04. The topological polar surface area (TPSA) is 86.5 Å². The molecule has 0 fully saturated rings. The molecule has 0 aliphatic rings. The quantitative estimate of drug-likeness (QED) is 0.742. The molecule has 1 heterocycles. The highest BCUT2D eigenvalue weighted by Crippen LogP contribution is 2.27. The van der Waals surface area contributed by atoms with E-state index in [4.69, 9.17) is 14.0 Å². The number of carbonyl (C=O) groups is 1. The zero-order chi connectivity index (χ0) is 17.6. The van der Waals surface area contributed by atoms with Crippen LogP contribution in [0.3, 0.4) is 0 Å². The number of methoxy groups -OCH3 is 1. The van der Waals surface area contributed by atoms with E-state index in [0.717, 1.165) is 5.56 Å². The lowest BCUT2D eigenvalue weighted by Gasteiger charge is -2.15. The van der Waals surface area contributed by atoms with E-state index >= 15 is 0 Å². The van der Waals surface area contributed by atoms with E-state index in [-0.39, 0.29) is 5.95 Å². The molecule has 128 valence electrons. The van der Waals surface area contributed by atoms with Crippen molar-refractivity contribution >= 4 is 11.9 Å². The first kappa shape index (κ1) is 16.5. The Morgan fingerprint density at radius 1 is 1.08 bits per heavy atom. The van der Waals surface area contributed by atoms with Gasteiger partial charge in [0.25, 0.3) is 17.7 Å². The number of para-hydroxylation sites is 2. The Kier molecular flexibility index (Phi) is 4.94. The maximum Gasteiger partial charge on any atom is 0.270 e. The van der Waals surface area contributed by atoms with Crippen molar-refractivity contribution in [1.82, 2.24) is 10.1 Å². The Labute approximate surface area is 144 Å². The van der Waals surface area contributed by atoms with Gasteiger partial charge in [0.05, 0.1) is 7.11 Å².